The monoisotopic (exact) mass is 362 g/mol. The molecule has 0 atom stereocenters. The zero-order chi connectivity index (χ0) is 19.0. The Morgan fingerprint density at radius 1 is 1.04 bits per heavy atom. The van der Waals surface area contributed by atoms with Crippen LogP contribution < -0.4 is 16.4 Å². The van der Waals surface area contributed by atoms with Crippen molar-refractivity contribution in [3.8, 4) is 0 Å². The number of aryl methyl sites for hydroxylation is 1. The fourth-order valence-corrected chi connectivity index (χ4v) is 3.32. The Hall–Kier alpha value is -3.61. The molecular weight excluding hydrogens is 344 g/mol. The van der Waals surface area contributed by atoms with Gasteiger partial charge < -0.3 is 19.4 Å². The van der Waals surface area contributed by atoms with E-state index in [0.29, 0.717) is 16.6 Å². The van der Waals surface area contributed by atoms with Crippen molar-refractivity contribution < 1.29 is 4.79 Å². The Bertz CT molecular complexity index is 1280. The molecule has 136 valence electrons. The van der Waals surface area contributed by atoms with E-state index >= 15 is 0 Å². The van der Waals surface area contributed by atoms with Gasteiger partial charge in [-0.3, -0.25) is 14.4 Å². The number of rotatable bonds is 4. The highest BCUT2D eigenvalue weighted by Gasteiger charge is 2.12. The molecule has 1 amide bonds. The third-order valence-corrected chi connectivity index (χ3v) is 4.68. The summed E-state index contributed by atoms with van der Waals surface area (Å²) in [6.45, 7) is 0.440. The molecule has 0 fully saturated rings. The number of amides is 1. The lowest BCUT2D eigenvalue weighted by molar-refractivity contribution is 0.0954. The minimum absolute atomic E-state index is 0.208. The quantitative estimate of drug-likeness (QED) is 0.541. The molecule has 0 unspecified atom stereocenters. The van der Waals surface area contributed by atoms with Crippen molar-refractivity contribution in [2.75, 3.05) is 6.54 Å². The summed E-state index contributed by atoms with van der Waals surface area (Å²) in [7, 11) is 1.93. The van der Waals surface area contributed by atoms with Crippen molar-refractivity contribution >= 4 is 27.8 Å². The molecule has 7 nitrogen and oxygen atoms in total. The predicted octanol–water partition coefficient (Wildman–Crippen LogP) is 1.61. The molecule has 0 radical (unpaired) electrons. The molecule has 2 aromatic carbocycles. The average molecular weight is 362 g/mol. The Morgan fingerprint density at radius 2 is 1.81 bits per heavy atom. The van der Waals surface area contributed by atoms with Gasteiger partial charge in [0.2, 0.25) is 0 Å². The highest BCUT2D eigenvalue weighted by atomic mass is 16.2. The van der Waals surface area contributed by atoms with E-state index in [0.717, 1.165) is 10.9 Å². The van der Waals surface area contributed by atoms with Crippen molar-refractivity contribution in [3.63, 3.8) is 0 Å². The van der Waals surface area contributed by atoms with Crippen LogP contribution >= 0.6 is 0 Å². The maximum absolute atomic E-state index is 12.6. The normalized spacial score (nSPS) is 11.1. The van der Waals surface area contributed by atoms with Crippen molar-refractivity contribution in [2.45, 2.75) is 6.54 Å². The molecule has 0 saturated heterocycles. The van der Waals surface area contributed by atoms with E-state index in [2.05, 4.69) is 10.3 Å². The predicted molar refractivity (Wildman–Crippen MR) is 104 cm³/mol. The van der Waals surface area contributed by atoms with Crippen LogP contribution in [0.25, 0.3) is 21.9 Å². The van der Waals surface area contributed by atoms with Crippen LogP contribution in [0.15, 0.2) is 64.3 Å². The van der Waals surface area contributed by atoms with E-state index in [1.165, 1.54) is 4.57 Å². The minimum Gasteiger partial charge on any atom is -0.351 e. The molecule has 2 heterocycles. The fourth-order valence-electron chi connectivity index (χ4n) is 3.32. The van der Waals surface area contributed by atoms with Gasteiger partial charge in [0.25, 0.3) is 5.91 Å². The first-order chi connectivity index (χ1) is 13.1. The SMILES string of the molecule is Cn1ccc2c(C(=O)NCCn3c(=O)c(=O)[nH]c4ccccc43)cccc21. The third kappa shape index (κ3) is 2.93. The summed E-state index contributed by atoms with van der Waals surface area (Å²) in [4.78, 5) is 39.2. The second kappa shape index (κ2) is 6.60. The number of benzene rings is 2. The van der Waals surface area contributed by atoms with Gasteiger partial charge in [0.1, 0.15) is 0 Å². The number of para-hydroxylation sites is 2. The number of aromatic nitrogens is 3. The van der Waals surface area contributed by atoms with E-state index in [-0.39, 0.29) is 19.0 Å². The van der Waals surface area contributed by atoms with Gasteiger partial charge in [-0.1, -0.05) is 18.2 Å². The Labute approximate surface area is 153 Å². The molecule has 0 aliphatic carbocycles. The van der Waals surface area contributed by atoms with Crippen LogP contribution in [-0.2, 0) is 13.6 Å². The summed E-state index contributed by atoms with van der Waals surface area (Å²) in [6, 6.07) is 14.5. The van der Waals surface area contributed by atoms with Gasteiger partial charge in [0, 0.05) is 42.8 Å². The number of H-pyrrole nitrogens is 1. The molecular formula is C20H18N4O3. The summed E-state index contributed by atoms with van der Waals surface area (Å²) < 4.78 is 3.34. The minimum atomic E-state index is -0.672. The number of hydrogen-bond acceptors (Lipinski definition) is 3. The topological polar surface area (TPSA) is 88.9 Å². The lowest BCUT2D eigenvalue weighted by Crippen LogP contribution is -2.39. The van der Waals surface area contributed by atoms with Gasteiger partial charge in [-0.05, 0) is 30.3 Å². The second-order valence-electron chi connectivity index (χ2n) is 6.35. The summed E-state index contributed by atoms with van der Waals surface area (Å²) in [5.41, 5.74) is 1.46. The molecule has 7 heteroatoms. The first-order valence-corrected chi connectivity index (χ1v) is 8.60. The zero-order valence-corrected chi connectivity index (χ0v) is 14.7. The second-order valence-corrected chi connectivity index (χ2v) is 6.35. The van der Waals surface area contributed by atoms with Gasteiger partial charge in [-0.2, -0.15) is 0 Å². The number of nitrogens with zero attached hydrogens (tertiary/aromatic N) is 2. The number of carbonyl (C=O) groups is 1. The van der Waals surface area contributed by atoms with E-state index < -0.39 is 11.1 Å². The largest absolute Gasteiger partial charge is 0.351 e. The van der Waals surface area contributed by atoms with Crippen LogP contribution in [0.4, 0.5) is 0 Å². The smallest absolute Gasteiger partial charge is 0.316 e. The van der Waals surface area contributed by atoms with Crippen molar-refractivity contribution in [1.29, 1.82) is 0 Å². The van der Waals surface area contributed by atoms with Gasteiger partial charge in [0.05, 0.1) is 11.0 Å². The number of carbonyl (C=O) groups excluding carboxylic acids is 1. The summed E-state index contributed by atoms with van der Waals surface area (Å²) >= 11 is 0. The molecule has 0 saturated carbocycles. The average Bonchev–Trinajstić information content (AvgIpc) is 3.06. The molecule has 27 heavy (non-hydrogen) atoms. The van der Waals surface area contributed by atoms with Crippen LogP contribution in [0.3, 0.4) is 0 Å². The van der Waals surface area contributed by atoms with Gasteiger partial charge in [0.15, 0.2) is 0 Å². The Kier molecular flexibility index (Phi) is 4.12. The van der Waals surface area contributed by atoms with E-state index in [4.69, 9.17) is 0 Å². The van der Waals surface area contributed by atoms with E-state index in [1.54, 1.807) is 30.3 Å². The van der Waals surface area contributed by atoms with Crippen molar-refractivity contribution in [1.82, 2.24) is 19.4 Å². The fraction of sp³-hybridized carbons (Fsp3) is 0.150. The van der Waals surface area contributed by atoms with Gasteiger partial charge >= 0.3 is 11.1 Å². The van der Waals surface area contributed by atoms with Gasteiger partial charge in [-0.25, -0.2) is 0 Å². The maximum Gasteiger partial charge on any atom is 0.316 e. The summed E-state index contributed by atoms with van der Waals surface area (Å²) in [5, 5.41) is 3.71. The first-order valence-electron chi connectivity index (χ1n) is 8.60. The van der Waals surface area contributed by atoms with Crippen molar-refractivity contribution in [3.05, 3.63) is 81.0 Å². The van der Waals surface area contributed by atoms with Crippen LogP contribution in [0.5, 0.6) is 0 Å². The zero-order valence-electron chi connectivity index (χ0n) is 14.7. The van der Waals surface area contributed by atoms with E-state index in [9.17, 15) is 14.4 Å². The molecule has 4 rings (SSSR count). The molecule has 4 aromatic rings. The lowest BCUT2D eigenvalue weighted by Gasteiger charge is -2.11. The molecule has 0 spiro atoms. The summed E-state index contributed by atoms with van der Waals surface area (Å²) in [5.74, 6) is -0.214. The van der Waals surface area contributed by atoms with Crippen LogP contribution in [-0.4, -0.2) is 26.6 Å². The molecule has 0 aliphatic rings. The van der Waals surface area contributed by atoms with Crippen LogP contribution in [0.1, 0.15) is 10.4 Å². The maximum atomic E-state index is 12.6. The molecule has 2 N–H and O–H groups in total. The highest BCUT2D eigenvalue weighted by Crippen LogP contribution is 2.19. The number of fused-ring (bicyclic) bond motifs is 2. The first kappa shape index (κ1) is 16.8. The summed E-state index contributed by atoms with van der Waals surface area (Å²) in [6.07, 6.45) is 1.91. The number of hydrogen-bond donors (Lipinski definition) is 2. The number of nitrogens with one attached hydrogen (secondary N) is 2. The third-order valence-electron chi connectivity index (χ3n) is 4.68. The molecule has 0 bridgehead atoms. The lowest BCUT2D eigenvalue weighted by atomic mass is 10.1. The van der Waals surface area contributed by atoms with Gasteiger partial charge in [-0.15, -0.1) is 0 Å². The van der Waals surface area contributed by atoms with Crippen LogP contribution in [0.2, 0.25) is 0 Å². The van der Waals surface area contributed by atoms with E-state index in [1.807, 2.05) is 36.0 Å². The Morgan fingerprint density at radius 3 is 2.67 bits per heavy atom. The molecule has 0 aliphatic heterocycles. The van der Waals surface area contributed by atoms with Crippen LogP contribution in [0, 0.1) is 0 Å². The standard InChI is InChI=1S/C20H18N4O3/c1-23-11-9-13-14(5-4-8-16(13)23)18(25)21-10-12-24-17-7-3-2-6-15(17)22-19(26)20(24)27/h2-9,11H,10,12H2,1H3,(H,21,25)(H,22,26). The Balaban J connectivity index is 1.58. The number of aromatic amines is 1. The highest BCUT2D eigenvalue weighted by molar-refractivity contribution is 6.06. The van der Waals surface area contributed by atoms with Crippen molar-refractivity contribution in [2.24, 2.45) is 7.05 Å². The molecule has 2 aromatic heterocycles.